The molecule has 114 valence electrons. The van der Waals surface area contributed by atoms with E-state index in [0.29, 0.717) is 0 Å². The highest BCUT2D eigenvalue weighted by molar-refractivity contribution is 14.1. The molecule has 1 heterocycles. The van der Waals surface area contributed by atoms with E-state index in [0.717, 1.165) is 28.4 Å². The van der Waals surface area contributed by atoms with Crippen molar-refractivity contribution in [2.24, 2.45) is 5.92 Å². The third-order valence-corrected chi connectivity index (χ3v) is 4.98. The van der Waals surface area contributed by atoms with Gasteiger partial charge in [0.1, 0.15) is 0 Å². The number of unbranched alkanes of at least 4 members (excludes halogenated alkanes) is 1. The maximum absolute atomic E-state index is 12.7. The normalized spacial score (nSPS) is 25.9. The Kier molecular flexibility index (Phi) is 4.91. The second kappa shape index (κ2) is 6.34. The van der Waals surface area contributed by atoms with Gasteiger partial charge in [0.15, 0.2) is 5.96 Å². The van der Waals surface area contributed by atoms with E-state index in [1.165, 1.54) is 4.90 Å². The van der Waals surface area contributed by atoms with E-state index in [2.05, 4.69) is 40.9 Å². The fourth-order valence-corrected chi connectivity index (χ4v) is 3.46. The van der Waals surface area contributed by atoms with Gasteiger partial charge in [-0.2, -0.15) is 0 Å². The van der Waals surface area contributed by atoms with E-state index in [1.54, 1.807) is 7.05 Å². The predicted molar refractivity (Wildman–Crippen MR) is 93.2 cm³/mol. The van der Waals surface area contributed by atoms with Crippen molar-refractivity contribution >= 4 is 34.5 Å². The van der Waals surface area contributed by atoms with Crippen LogP contribution >= 0.6 is 22.6 Å². The fourth-order valence-electron chi connectivity index (χ4n) is 2.91. The van der Waals surface area contributed by atoms with Crippen molar-refractivity contribution in [2.75, 3.05) is 7.05 Å². The minimum atomic E-state index is -0.517. The third kappa shape index (κ3) is 3.07. The monoisotopic (exact) mass is 399 g/mol. The van der Waals surface area contributed by atoms with Gasteiger partial charge in [0.2, 0.25) is 5.91 Å². The first-order chi connectivity index (χ1) is 9.90. The van der Waals surface area contributed by atoms with Gasteiger partial charge in [-0.3, -0.25) is 15.1 Å². The van der Waals surface area contributed by atoms with Gasteiger partial charge in [-0.15, -0.1) is 0 Å². The minimum absolute atomic E-state index is 0.0357. The van der Waals surface area contributed by atoms with E-state index < -0.39 is 5.54 Å². The van der Waals surface area contributed by atoms with Gasteiger partial charge in [-0.25, -0.2) is 0 Å². The first-order valence-electron chi connectivity index (χ1n) is 7.30. The van der Waals surface area contributed by atoms with Gasteiger partial charge in [-0.1, -0.05) is 31.9 Å². The van der Waals surface area contributed by atoms with Crippen LogP contribution in [0.5, 0.6) is 0 Å². The number of hydrogen-bond acceptors (Lipinski definition) is 2. The highest BCUT2D eigenvalue weighted by Crippen LogP contribution is 2.37. The summed E-state index contributed by atoms with van der Waals surface area (Å²) in [5.74, 6) is 0.0671. The van der Waals surface area contributed by atoms with Crippen LogP contribution in [-0.2, 0) is 10.3 Å². The van der Waals surface area contributed by atoms with Crippen LogP contribution in [-0.4, -0.2) is 23.8 Å². The topological polar surface area (TPSA) is 56.2 Å². The summed E-state index contributed by atoms with van der Waals surface area (Å²) in [6, 6.07) is 8.18. The van der Waals surface area contributed by atoms with Crippen molar-refractivity contribution in [3.63, 3.8) is 0 Å². The summed E-state index contributed by atoms with van der Waals surface area (Å²) in [7, 11) is 1.67. The lowest BCUT2D eigenvalue weighted by Crippen LogP contribution is -2.63. The summed E-state index contributed by atoms with van der Waals surface area (Å²) in [6.45, 7) is 4.17. The number of guanidine groups is 1. The van der Waals surface area contributed by atoms with Gasteiger partial charge in [-0.05, 0) is 53.6 Å². The second-order valence-corrected chi connectivity index (χ2v) is 7.02. The number of benzene rings is 1. The summed E-state index contributed by atoms with van der Waals surface area (Å²) in [6.07, 6.45) is 2.91. The molecular formula is C16H22IN3O. The molecule has 0 bridgehead atoms. The number of nitrogens with one attached hydrogen (secondary N) is 2. The van der Waals surface area contributed by atoms with E-state index in [9.17, 15) is 4.79 Å². The molecule has 5 heteroatoms. The Morgan fingerprint density at radius 3 is 2.81 bits per heavy atom. The lowest BCUT2D eigenvalue weighted by atomic mass is 9.75. The van der Waals surface area contributed by atoms with Crippen LogP contribution < -0.4 is 5.32 Å². The number of halogens is 1. The average molecular weight is 399 g/mol. The molecule has 1 fully saturated rings. The molecule has 21 heavy (non-hydrogen) atoms. The number of nitrogens with zero attached hydrogens (tertiary/aromatic N) is 1. The summed E-state index contributed by atoms with van der Waals surface area (Å²) in [5, 5.41) is 11.3. The molecular weight excluding hydrogens is 377 g/mol. The molecule has 1 aliphatic rings. The van der Waals surface area contributed by atoms with Crippen LogP contribution in [0, 0.1) is 14.9 Å². The second-order valence-electron chi connectivity index (χ2n) is 5.78. The van der Waals surface area contributed by atoms with Crippen molar-refractivity contribution in [1.29, 1.82) is 5.41 Å². The molecule has 0 saturated carbocycles. The lowest BCUT2D eigenvalue weighted by Gasteiger charge is -2.46. The van der Waals surface area contributed by atoms with Crippen molar-refractivity contribution < 1.29 is 4.79 Å². The van der Waals surface area contributed by atoms with Gasteiger partial charge in [0, 0.05) is 10.6 Å². The van der Waals surface area contributed by atoms with Crippen LogP contribution in [0.15, 0.2) is 24.3 Å². The molecule has 4 nitrogen and oxygen atoms in total. The molecule has 0 spiro atoms. The first-order valence-corrected chi connectivity index (χ1v) is 8.38. The molecule has 2 rings (SSSR count). The Morgan fingerprint density at radius 1 is 1.48 bits per heavy atom. The lowest BCUT2D eigenvalue weighted by molar-refractivity contribution is -0.135. The first kappa shape index (κ1) is 16.3. The van der Waals surface area contributed by atoms with Crippen LogP contribution in [0.1, 0.15) is 38.7 Å². The Bertz CT molecular complexity index is 560. The molecule has 1 saturated heterocycles. The molecule has 2 N–H and O–H groups in total. The maximum Gasteiger partial charge on any atom is 0.234 e. The Hall–Kier alpha value is -1.11. The smallest absolute Gasteiger partial charge is 0.234 e. The third-order valence-electron chi connectivity index (χ3n) is 4.31. The van der Waals surface area contributed by atoms with Crippen LogP contribution in [0.4, 0.5) is 0 Å². The molecule has 1 aromatic carbocycles. The standard InChI is InChI=1S/C16H22IN3O/c1-4-5-9-13-14(21)20(3)15(18)19-16(13,2)11-7-6-8-12(17)10-11/h6-8,10,13H,4-5,9H2,1-3H3,(H2,18,19)/t13-,16-/m1/s1. The molecule has 0 unspecified atom stereocenters. The van der Waals surface area contributed by atoms with Crippen LogP contribution in [0.25, 0.3) is 0 Å². The van der Waals surface area contributed by atoms with Crippen molar-refractivity contribution in [3.8, 4) is 0 Å². The number of rotatable bonds is 4. The number of hydrogen-bond donors (Lipinski definition) is 2. The summed E-state index contributed by atoms with van der Waals surface area (Å²) in [5.41, 5.74) is 0.554. The molecule has 2 atom stereocenters. The Morgan fingerprint density at radius 2 is 2.19 bits per heavy atom. The largest absolute Gasteiger partial charge is 0.346 e. The average Bonchev–Trinajstić information content (AvgIpc) is 2.45. The molecule has 0 aliphatic carbocycles. The van der Waals surface area contributed by atoms with Crippen molar-refractivity contribution in [3.05, 3.63) is 33.4 Å². The van der Waals surface area contributed by atoms with Gasteiger partial charge < -0.3 is 5.32 Å². The van der Waals surface area contributed by atoms with E-state index in [-0.39, 0.29) is 17.8 Å². The van der Waals surface area contributed by atoms with E-state index in [1.807, 2.05) is 25.1 Å². The Balaban J connectivity index is 2.44. The molecule has 0 aromatic heterocycles. The molecule has 1 aromatic rings. The molecule has 1 aliphatic heterocycles. The van der Waals surface area contributed by atoms with Crippen molar-refractivity contribution in [2.45, 2.75) is 38.6 Å². The van der Waals surface area contributed by atoms with E-state index >= 15 is 0 Å². The number of amides is 1. The Labute approximate surface area is 139 Å². The summed E-state index contributed by atoms with van der Waals surface area (Å²) < 4.78 is 1.14. The van der Waals surface area contributed by atoms with E-state index in [4.69, 9.17) is 5.41 Å². The van der Waals surface area contributed by atoms with Crippen LogP contribution in [0.2, 0.25) is 0 Å². The van der Waals surface area contributed by atoms with Crippen molar-refractivity contribution in [1.82, 2.24) is 10.2 Å². The van der Waals surface area contributed by atoms with Gasteiger partial charge in [0.05, 0.1) is 11.5 Å². The number of carbonyl (C=O) groups excluding carboxylic acids is 1. The zero-order valence-corrected chi connectivity index (χ0v) is 14.9. The minimum Gasteiger partial charge on any atom is -0.346 e. The maximum atomic E-state index is 12.7. The van der Waals surface area contributed by atoms with Gasteiger partial charge >= 0.3 is 0 Å². The zero-order chi connectivity index (χ0) is 15.6. The quantitative estimate of drug-likeness (QED) is 0.764. The highest BCUT2D eigenvalue weighted by Gasteiger charge is 2.46. The fraction of sp³-hybridized carbons (Fsp3) is 0.500. The SMILES string of the molecule is CCCC[C@@H]1C(=O)N(C)C(=N)N[C@]1(C)c1cccc(I)c1. The zero-order valence-electron chi connectivity index (χ0n) is 12.7. The predicted octanol–water partition coefficient (Wildman–Crippen LogP) is 3.31. The molecule has 0 radical (unpaired) electrons. The summed E-state index contributed by atoms with van der Waals surface area (Å²) in [4.78, 5) is 14.1. The highest BCUT2D eigenvalue weighted by atomic mass is 127. The van der Waals surface area contributed by atoms with Gasteiger partial charge in [0.25, 0.3) is 0 Å². The molecule has 1 amide bonds. The van der Waals surface area contributed by atoms with Crippen LogP contribution in [0.3, 0.4) is 0 Å². The summed E-state index contributed by atoms with van der Waals surface area (Å²) >= 11 is 2.28. The number of carbonyl (C=O) groups is 1.